The lowest BCUT2D eigenvalue weighted by atomic mass is 9.82. The summed E-state index contributed by atoms with van der Waals surface area (Å²) in [5.74, 6) is 1.87. The number of hydrogen-bond acceptors (Lipinski definition) is 4. The summed E-state index contributed by atoms with van der Waals surface area (Å²) in [5.41, 5.74) is 13.9. The molecule has 2 aromatic heterocycles. The van der Waals surface area contributed by atoms with Crippen molar-refractivity contribution in [2.45, 2.75) is 19.3 Å². The van der Waals surface area contributed by atoms with Crippen LogP contribution in [0.1, 0.15) is 25.0 Å². The van der Waals surface area contributed by atoms with Gasteiger partial charge in [0.05, 0.1) is 0 Å². The van der Waals surface area contributed by atoms with Crippen LogP contribution in [0.5, 0.6) is 0 Å². The molecule has 4 heteroatoms. The average molecular weight is 768 g/mol. The zero-order chi connectivity index (χ0) is 40.0. The van der Waals surface area contributed by atoms with Crippen LogP contribution in [0.2, 0.25) is 0 Å². The maximum atomic E-state index is 6.94. The largest absolute Gasteiger partial charge is 0.455 e. The summed E-state index contributed by atoms with van der Waals surface area (Å²) in [6.45, 7) is 4.61. The van der Waals surface area contributed by atoms with Crippen molar-refractivity contribution in [3.8, 4) is 67.5 Å². The predicted octanol–water partition coefficient (Wildman–Crippen LogP) is 14.7. The Bertz CT molecular complexity index is 3530. The second kappa shape index (κ2) is 13.2. The second-order valence-corrected chi connectivity index (χ2v) is 16.4. The molecule has 0 aliphatic heterocycles. The van der Waals surface area contributed by atoms with Crippen LogP contribution in [0.4, 0.5) is 0 Å². The minimum atomic E-state index is -0.157. The topological polar surface area (TPSA) is 51.8 Å². The first-order valence-corrected chi connectivity index (χ1v) is 20.5. The van der Waals surface area contributed by atoms with Gasteiger partial charge in [0, 0.05) is 43.8 Å². The molecule has 282 valence electrons. The molecule has 60 heavy (non-hydrogen) atoms. The summed E-state index contributed by atoms with van der Waals surface area (Å²) >= 11 is 0. The second-order valence-electron chi connectivity index (χ2n) is 16.4. The van der Waals surface area contributed by atoms with Gasteiger partial charge in [0.1, 0.15) is 11.2 Å². The number of hydrogen-bond donors (Lipinski definition) is 0. The van der Waals surface area contributed by atoms with E-state index >= 15 is 0 Å². The normalized spacial score (nSPS) is 13.0. The summed E-state index contributed by atoms with van der Waals surface area (Å²) in [7, 11) is 0. The Morgan fingerprint density at radius 3 is 1.72 bits per heavy atom. The fraction of sp³-hybridized carbons (Fsp3) is 0.0536. The van der Waals surface area contributed by atoms with E-state index in [-0.39, 0.29) is 5.41 Å². The molecule has 1 aliphatic carbocycles. The highest BCUT2D eigenvalue weighted by Gasteiger charge is 2.35. The van der Waals surface area contributed by atoms with Crippen LogP contribution >= 0.6 is 0 Å². The molecule has 12 rings (SSSR count). The van der Waals surface area contributed by atoms with E-state index < -0.39 is 0 Å². The Morgan fingerprint density at radius 2 is 0.900 bits per heavy atom. The van der Waals surface area contributed by atoms with Crippen molar-refractivity contribution in [2.75, 3.05) is 0 Å². The van der Waals surface area contributed by atoms with E-state index in [9.17, 15) is 0 Å². The Kier molecular flexibility index (Phi) is 7.54. The van der Waals surface area contributed by atoms with Gasteiger partial charge in [0.25, 0.3) is 0 Å². The Balaban J connectivity index is 1.03. The molecule has 0 atom stereocenters. The summed E-state index contributed by atoms with van der Waals surface area (Å²) < 4.78 is 6.94. The molecule has 0 N–H and O–H groups in total. The van der Waals surface area contributed by atoms with Gasteiger partial charge in [-0.1, -0.05) is 178 Å². The standard InChI is InChI=1S/C56H37N3O/c1-56(2)48-24-9-8-21-44(48)45-29-28-41(33-49(45)56)55-58-53(39-18-10-16-37(31-39)34-13-4-3-5-14-34)57-54(59-55)40-19-11-17-38(32-40)43-22-12-23-46-47-30-27-36-26-25-35-15-6-7-20-42(35)50(36)52(47)60-51(43)46/h3-33H,1-2H3. The molecule has 9 aromatic carbocycles. The SMILES string of the molecule is CC1(C)c2ccccc2-c2ccc(-c3nc(-c4cccc(-c5ccccc5)c4)nc(-c4cccc(-c5cccc6c5oc5c6ccc6ccc7ccccc7c65)c4)n3)cc21. The summed E-state index contributed by atoms with van der Waals surface area (Å²) in [5, 5.41) is 6.89. The van der Waals surface area contributed by atoms with Crippen molar-refractivity contribution in [3.63, 3.8) is 0 Å². The summed E-state index contributed by atoms with van der Waals surface area (Å²) in [6.07, 6.45) is 0. The molecule has 1 aliphatic rings. The maximum Gasteiger partial charge on any atom is 0.164 e. The van der Waals surface area contributed by atoms with Crippen molar-refractivity contribution < 1.29 is 4.42 Å². The van der Waals surface area contributed by atoms with Crippen molar-refractivity contribution in [3.05, 3.63) is 199 Å². The van der Waals surface area contributed by atoms with E-state index in [1.807, 2.05) is 6.07 Å². The molecule has 0 spiro atoms. The number of para-hydroxylation sites is 1. The number of furan rings is 1. The predicted molar refractivity (Wildman–Crippen MR) is 247 cm³/mol. The fourth-order valence-corrected chi connectivity index (χ4v) is 9.47. The van der Waals surface area contributed by atoms with Crippen LogP contribution in [-0.4, -0.2) is 15.0 Å². The number of benzene rings is 9. The number of aromatic nitrogens is 3. The van der Waals surface area contributed by atoms with Gasteiger partial charge in [-0.25, -0.2) is 15.0 Å². The van der Waals surface area contributed by atoms with Crippen LogP contribution in [0.25, 0.3) is 111 Å². The van der Waals surface area contributed by atoms with E-state index in [2.05, 4.69) is 196 Å². The van der Waals surface area contributed by atoms with Gasteiger partial charge < -0.3 is 4.42 Å². The lowest BCUT2D eigenvalue weighted by molar-refractivity contribution is 0.660. The smallest absolute Gasteiger partial charge is 0.164 e. The molecule has 0 amide bonds. The molecule has 0 radical (unpaired) electrons. The zero-order valence-electron chi connectivity index (χ0n) is 33.1. The maximum absolute atomic E-state index is 6.94. The molecule has 0 saturated carbocycles. The minimum Gasteiger partial charge on any atom is -0.455 e. The summed E-state index contributed by atoms with van der Waals surface area (Å²) in [4.78, 5) is 15.7. The van der Waals surface area contributed by atoms with Gasteiger partial charge in [-0.3, -0.25) is 0 Å². The molecular formula is C56H37N3O. The lowest BCUT2D eigenvalue weighted by Crippen LogP contribution is -2.15. The Hall–Kier alpha value is -7.69. The van der Waals surface area contributed by atoms with Crippen LogP contribution in [0.15, 0.2) is 192 Å². The number of fused-ring (bicyclic) bond motifs is 10. The highest BCUT2D eigenvalue weighted by Crippen LogP contribution is 2.49. The monoisotopic (exact) mass is 767 g/mol. The number of nitrogens with zero attached hydrogens (tertiary/aromatic N) is 3. The molecule has 0 unspecified atom stereocenters. The highest BCUT2D eigenvalue weighted by atomic mass is 16.3. The van der Waals surface area contributed by atoms with Gasteiger partial charge >= 0.3 is 0 Å². The average Bonchev–Trinajstić information content (AvgIpc) is 3.81. The van der Waals surface area contributed by atoms with E-state index in [0.717, 1.165) is 71.7 Å². The highest BCUT2D eigenvalue weighted by molar-refractivity contribution is 6.24. The molecule has 2 heterocycles. The molecule has 4 nitrogen and oxygen atoms in total. The molecule has 0 bridgehead atoms. The fourth-order valence-electron chi connectivity index (χ4n) is 9.47. The van der Waals surface area contributed by atoms with Gasteiger partial charge in [-0.05, 0) is 79.4 Å². The molecule has 11 aromatic rings. The molecule has 0 saturated heterocycles. The molecular weight excluding hydrogens is 731 g/mol. The van der Waals surface area contributed by atoms with Crippen LogP contribution in [-0.2, 0) is 5.41 Å². The van der Waals surface area contributed by atoms with Crippen LogP contribution < -0.4 is 0 Å². The first-order valence-electron chi connectivity index (χ1n) is 20.5. The third kappa shape index (κ3) is 5.34. The van der Waals surface area contributed by atoms with Gasteiger partial charge in [-0.15, -0.1) is 0 Å². The lowest BCUT2D eigenvalue weighted by Gasteiger charge is -2.21. The van der Waals surface area contributed by atoms with Crippen LogP contribution in [0.3, 0.4) is 0 Å². The first kappa shape index (κ1) is 34.4. The zero-order valence-corrected chi connectivity index (χ0v) is 33.1. The first-order chi connectivity index (χ1) is 29.5. The van der Waals surface area contributed by atoms with Crippen LogP contribution in [0, 0.1) is 0 Å². The number of rotatable bonds is 5. The van der Waals surface area contributed by atoms with E-state index in [1.165, 1.54) is 33.0 Å². The minimum absolute atomic E-state index is 0.157. The van der Waals surface area contributed by atoms with E-state index in [1.54, 1.807) is 0 Å². The third-order valence-electron chi connectivity index (χ3n) is 12.5. The third-order valence-corrected chi connectivity index (χ3v) is 12.5. The Morgan fingerprint density at radius 1 is 0.350 bits per heavy atom. The Labute approximate surface area is 347 Å². The van der Waals surface area contributed by atoms with Crippen molar-refractivity contribution in [1.82, 2.24) is 15.0 Å². The van der Waals surface area contributed by atoms with Crippen molar-refractivity contribution >= 4 is 43.5 Å². The van der Waals surface area contributed by atoms with Crippen molar-refractivity contribution in [2.24, 2.45) is 0 Å². The van der Waals surface area contributed by atoms with Gasteiger partial charge in [-0.2, -0.15) is 0 Å². The quantitative estimate of drug-likeness (QED) is 0.164. The van der Waals surface area contributed by atoms with Gasteiger partial charge in [0.2, 0.25) is 0 Å². The molecule has 0 fully saturated rings. The van der Waals surface area contributed by atoms with E-state index in [4.69, 9.17) is 19.4 Å². The van der Waals surface area contributed by atoms with E-state index in [0.29, 0.717) is 17.5 Å². The van der Waals surface area contributed by atoms with Crippen molar-refractivity contribution in [1.29, 1.82) is 0 Å². The van der Waals surface area contributed by atoms with Gasteiger partial charge in [0.15, 0.2) is 17.5 Å². The summed E-state index contributed by atoms with van der Waals surface area (Å²) in [6, 6.07) is 66.6.